The van der Waals surface area contributed by atoms with Crippen molar-refractivity contribution in [3.63, 3.8) is 0 Å². The van der Waals surface area contributed by atoms with E-state index in [4.69, 9.17) is 10.5 Å². The number of ether oxygens (including phenoxy) is 1. The number of hydrogen-bond donors (Lipinski definition) is 2. The van der Waals surface area contributed by atoms with Crippen LogP contribution >= 0.6 is 0 Å². The molecule has 0 aliphatic heterocycles. The topological polar surface area (TPSA) is 64.3 Å². The van der Waals surface area contributed by atoms with Crippen molar-refractivity contribution in [1.82, 2.24) is 0 Å². The Kier molecular flexibility index (Phi) is 5.42. The zero-order chi connectivity index (χ0) is 15.9. The largest absolute Gasteiger partial charge is 0.494 e. The van der Waals surface area contributed by atoms with Crippen LogP contribution in [0.4, 0.5) is 11.4 Å². The summed E-state index contributed by atoms with van der Waals surface area (Å²) in [7, 11) is 0. The van der Waals surface area contributed by atoms with Gasteiger partial charge in [-0.05, 0) is 43.2 Å². The van der Waals surface area contributed by atoms with E-state index < -0.39 is 0 Å². The molecule has 0 heterocycles. The van der Waals surface area contributed by atoms with Crippen LogP contribution in [-0.4, -0.2) is 12.5 Å². The monoisotopic (exact) mass is 298 g/mol. The first-order valence-electron chi connectivity index (χ1n) is 7.50. The molecule has 4 heteroatoms. The number of hydrogen-bond acceptors (Lipinski definition) is 3. The molecule has 2 rings (SSSR count). The fourth-order valence-corrected chi connectivity index (χ4v) is 2.08. The summed E-state index contributed by atoms with van der Waals surface area (Å²) in [6.45, 7) is 4.69. The third kappa shape index (κ3) is 4.25. The Morgan fingerprint density at radius 3 is 2.82 bits per heavy atom. The number of rotatable bonds is 6. The number of carbonyl (C=O) groups is 1. The zero-order valence-electron chi connectivity index (χ0n) is 13.1. The molecule has 0 aromatic heterocycles. The highest BCUT2D eigenvalue weighted by Gasteiger charge is 2.10. The molecule has 0 spiro atoms. The van der Waals surface area contributed by atoms with Gasteiger partial charge in [-0.2, -0.15) is 0 Å². The number of nitrogens with two attached hydrogens (primary N) is 1. The van der Waals surface area contributed by atoms with Crippen molar-refractivity contribution in [2.24, 2.45) is 0 Å². The number of nitrogens with one attached hydrogen (secondary N) is 1. The fraction of sp³-hybridized carbons (Fsp3) is 0.278. The van der Waals surface area contributed by atoms with Gasteiger partial charge < -0.3 is 15.8 Å². The minimum absolute atomic E-state index is 0.171. The van der Waals surface area contributed by atoms with Crippen molar-refractivity contribution in [3.05, 3.63) is 53.6 Å². The van der Waals surface area contributed by atoms with Crippen molar-refractivity contribution >= 4 is 17.3 Å². The first-order valence-corrected chi connectivity index (χ1v) is 7.50. The van der Waals surface area contributed by atoms with Crippen LogP contribution < -0.4 is 15.8 Å². The van der Waals surface area contributed by atoms with E-state index in [0.29, 0.717) is 23.5 Å². The fourth-order valence-electron chi connectivity index (χ4n) is 2.08. The van der Waals surface area contributed by atoms with E-state index in [2.05, 4.69) is 12.2 Å². The number of aryl methyl sites for hydroxylation is 1. The molecule has 0 atom stereocenters. The van der Waals surface area contributed by atoms with Crippen LogP contribution in [0.1, 0.15) is 35.7 Å². The van der Waals surface area contributed by atoms with E-state index in [1.807, 2.05) is 37.3 Å². The van der Waals surface area contributed by atoms with Crippen LogP contribution in [-0.2, 0) is 0 Å². The van der Waals surface area contributed by atoms with E-state index in [1.165, 1.54) is 0 Å². The molecule has 2 aromatic rings. The third-order valence-corrected chi connectivity index (χ3v) is 3.36. The zero-order valence-corrected chi connectivity index (χ0v) is 13.1. The lowest BCUT2D eigenvalue weighted by Gasteiger charge is -2.10. The minimum atomic E-state index is -0.171. The predicted octanol–water partition coefficient (Wildman–Crippen LogP) is 4.01. The lowest BCUT2D eigenvalue weighted by Crippen LogP contribution is -2.13. The Morgan fingerprint density at radius 2 is 2.05 bits per heavy atom. The summed E-state index contributed by atoms with van der Waals surface area (Å²) in [5.74, 6) is 0.589. The number of anilines is 2. The molecule has 116 valence electrons. The molecule has 0 unspecified atom stereocenters. The summed E-state index contributed by atoms with van der Waals surface area (Å²) in [4.78, 5) is 12.4. The van der Waals surface area contributed by atoms with Gasteiger partial charge in [-0.25, -0.2) is 0 Å². The molecule has 0 aliphatic carbocycles. The number of nitrogen functional groups attached to an aromatic ring is 1. The number of carbonyl (C=O) groups excluding carboxylic acids is 1. The molecule has 0 bridgehead atoms. The molecule has 0 radical (unpaired) electrons. The van der Waals surface area contributed by atoms with Gasteiger partial charge >= 0.3 is 0 Å². The predicted molar refractivity (Wildman–Crippen MR) is 90.4 cm³/mol. The maximum Gasteiger partial charge on any atom is 0.256 e. The second kappa shape index (κ2) is 7.50. The van der Waals surface area contributed by atoms with Crippen LogP contribution in [0, 0.1) is 6.92 Å². The minimum Gasteiger partial charge on any atom is -0.494 e. The molecule has 0 saturated heterocycles. The summed E-state index contributed by atoms with van der Waals surface area (Å²) in [6.07, 6.45) is 2.10. The summed E-state index contributed by atoms with van der Waals surface area (Å²) in [6, 6.07) is 12.7. The molecular formula is C18H22N2O2. The highest BCUT2D eigenvalue weighted by atomic mass is 16.5. The Morgan fingerprint density at radius 1 is 1.23 bits per heavy atom. The average molecular weight is 298 g/mol. The van der Waals surface area contributed by atoms with Crippen molar-refractivity contribution in [2.45, 2.75) is 26.7 Å². The van der Waals surface area contributed by atoms with Crippen LogP contribution in [0.5, 0.6) is 5.75 Å². The summed E-state index contributed by atoms with van der Waals surface area (Å²) in [5.41, 5.74) is 8.51. The second-order valence-corrected chi connectivity index (χ2v) is 5.26. The van der Waals surface area contributed by atoms with Gasteiger partial charge in [-0.1, -0.05) is 25.5 Å². The van der Waals surface area contributed by atoms with E-state index >= 15 is 0 Å². The lowest BCUT2D eigenvalue weighted by molar-refractivity contribution is 0.102. The molecular weight excluding hydrogens is 276 g/mol. The summed E-state index contributed by atoms with van der Waals surface area (Å²) < 4.78 is 5.65. The second-order valence-electron chi connectivity index (χ2n) is 5.26. The summed E-state index contributed by atoms with van der Waals surface area (Å²) in [5, 5.41) is 2.88. The molecule has 1 amide bonds. The van der Waals surface area contributed by atoms with Gasteiger partial charge in [-0.3, -0.25) is 4.79 Å². The SMILES string of the molecule is CCCCOc1cccc(NC(=O)c2cc(N)ccc2C)c1. The Hall–Kier alpha value is -2.49. The molecule has 0 saturated carbocycles. The van der Waals surface area contributed by atoms with E-state index in [1.54, 1.807) is 12.1 Å². The van der Waals surface area contributed by atoms with Crippen molar-refractivity contribution in [1.29, 1.82) is 0 Å². The first kappa shape index (κ1) is 15.9. The van der Waals surface area contributed by atoms with Gasteiger partial charge in [0.05, 0.1) is 6.61 Å². The van der Waals surface area contributed by atoms with Gasteiger partial charge in [0.2, 0.25) is 0 Å². The summed E-state index contributed by atoms with van der Waals surface area (Å²) >= 11 is 0. The maximum absolute atomic E-state index is 12.4. The normalized spacial score (nSPS) is 10.3. The van der Waals surface area contributed by atoms with E-state index in [0.717, 1.165) is 24.2 Å². The van der Waals surface area contributed by atoms with Gasteiger partial charge in [-0.15, -0.1) is 0 Å². The Balaban J connectivity index is 2.08. The van der Waals surface area contributed by atoms with Crippen LogP contribution in [0.25, 0.3) is 0 Å². The Bertz CT molecular complexity index is 653. The van der Waals surface area contributed by atoms with Crippen LogP contribution in [0.15, 0.2) is 42.5 Å². The van der Waals surface area contributed by atoms with Crippen molar-refractivity contribution in [2.75, 3.05) is 17.7 Å². The van der Waals surface area contributed by atoms with Gasteiger partial charge in [0.15, 0.2) is 0 Å². The molecule has 0 fully saturated rings. The van der Waals surface area contributed by atoms with E-state index in [9.17, 15) is 4.79 Å². The lowest BCUT2D eigenvalue weighted by atomic mass is 10.1. The smallest absolute Gasteiger partial charge is 0.256 e. The van der Waals surface area contributed by atoms with Crippen molar-refractivity contribution in [3.8, 4) is 5.75 Å². The molecule has 0 aliphatic rings. The highest BCUT2D eigenvalue weighted by molar-refractivity contribution is 6.05. The maximum atomic E-state index is 12.4. The highest BCUT2D eigenvalue weighted by Crippen LogP contribution is 2.20. The standard InChI is InChI=1S/C18H22N2O2/c1-3-4-10-22-16-7-5-6-15(12-16)20-18(21)17-11-14(19)9-8-13(17)2/h5-9,11-12H,3-4,10,19H2,1-2H3,(H,20,21). The molecule has 3 N–H and O–H groups in total. The molecule has 4 nitrogen and oxygen atoms in total. The first-order chi connectivity index (χ1) is 10.6. The van der Waals surface area contributed by atoms with Gasteiger partial charge in [0, 0.05) is 23.0 Å². The van der Waals surface area contributed by atoms with E-state index in [-0.39, 0.29) is 5.91 Å². The molecule has 2 aromatic carbocycles. The number of unbranched alkanes of at least 4 members (excludes halogenated alkanes) is 1. The average Bonchev–Trinajstić information content (AvgIpc) is 2.50. The number of benzene rings is 2. The van der Waals surface area contributed by atoms with Crippen LogP contribution in [0.3, 0.4) is 0 Å². The Labute approximate surface area is 131 Å². The van der Waals surface area contributed by atoms with Gasteiger partial charge in [0.1, 0.15) is 5.75 Å². The third-order valence-electron chi connectivity index (χ3n) is 3.36. The number of amides is 1. The molecule has 22 heavy (non-hydrogen) atoms. The quantitative estimate of drug-likeness (QED) is 0.625. The van der Waals surface area contributed by atoms with Crippen molar-refractivity contribution < 1.29 is 9.53 Å². The van der Waals surface area contributed by atoms with Crippen LogP contribution in [0.2, 0.25) is 0 Å². The van der Waals surface area contributed by atoms with Gasteiger partial charge in [0.25, 0.3) is 5.91 Å².